The average molecular weight is 443 g/mol. The summed E-state index contributed by atoms with van der Waals surface area (Å²) < 4.78 is 7.87. The molecule has 5 rings (SSSR count). The van der Waals surface area contributed by atoms with Crippen molar-refractivity contribution >= 4 is 11.8 Å². The SMILES string of the molecule is C=CC(=O)N1CC(C2CCCn3c2nc(-c2ccc(Oc4ccccc4)cc2)c3C(N)=O)C1. The van der Waals surface area contributed by atoms with Crippen LogP contribution in [0, 0.1) is 5.92 Å². The molecular weight excluding hydrogens is 416 g/mol. The molecule has 1 atom stereocenters. The summed E-state index contributed by atoms with van der Waals surface area (Å²) in [6.45, 7) is 5.66. The quantitative estimate of drug-likeness (QED) is 0.585. The van der Waals surface area contributed by atoms with Crippen molar-refractivity contribution in [2.75, 3.05) is 13.1 Å². The summed E-state index contributed by atoms with van der Waals surface area (Å²) in [5, 5.41) is 0. The molecule has 33 heavy (non-hydrogen) atoms. The van der Waals surface area contributed by atoms with E-state index in [0.29, 0.717) is 42.7 Å². The molecular formula is C26H26N4O3. The van der Waals surface area contributed by atoms with Gasteiger partial charge in [-0.05, 0) is 55.3 Å². The van der Waals surface area contributed by atoms with Gasteiger partial charge in [-0.25, -0.2) is 4.98 Å². The fourth-order valence-electron chi connectivity index (χ4n) is 4.86. The highest BCUT2D eigenvalue weighted by atomic mass is 16.5. The van der Waals surface area contributed by atoms with E-state index in [9.17, 15) is 9.59 Å². The Morgan fingerprint density at radius 1 is 1.06 bits per heavy atom. The zero-order valence-electron chi connectivity index (χ0n) is 18.3. The molecule has 0 spiro atoms. The topological polar surface area (TPSA) is 90.4 Å². The van der Waals surface area contributed by atoms with Gasteiger partial charge in [0.05, 0.1) is 0 Å². The molecule has 2 aromatic carbocycles. The van der Waals surface area contributed by atoms with Gasteiger partial charge in [0.2, 0.25) is 5.91 Å². The predicted molar refractivity (Wildman–Crippen MR) is 125 cm³/mol. The fourth-order valence-corrected chi connectivity index (χ4v) is 4.86. The van der Waals surface area contributed by atoms with E-state index in [4.69, 9.17) is 15.5 Å². The van der Waals surface area contributed by atoms with Crippen molar-refractivity contribution in [2.45, 2.75) is 25.3 Å². The van der Waals surface area contributed by atoms with Gasteiger partial charge in [0.1, 0.15) is 28.7 Å². The highest BCUT2D eigenvalue weighted by Crippen LogP contribution is 2.40. The molecule has 2 aliphatic heterocycles. The van der Waals surface area contributed by atoms with Gasteiger partial charge in [0, 0.05) is 37.0 Å². The molecule has 1 fully saturated rings. The maximum absolute atomic E-state index is 12.4. The summed E-state index contributed by atoms with van der Waals surface area (Å²) in [5.74, 6) is 2.35. The third-order valence-corrected chi connectivity index (χ3v) is 6.53. The van der Waals surface area contributed by atoms with Gasteiger partial charge >= 0.3 is 0 Å². The number of primary amides is 1. The predicted octanol–water partition coefficient (Wildman–Crippen LogP) is 3.96. The van der Waals surface area contributed by atoms with E-state index in [2.05, 4.69) is 6.58 Å². The first-order valence-corrected chi connectivity index (χ1v) is 11.2. The Morgan fingerprint density at radius 2 is 1.76 bits per heavy atom. The lowest BCUT2D eigenvalue weighted by Crippen LogP contribution is -2.52. The van der Waals surface area contributed by atoms with Gasteiger partial charge in [0.15, 0.2) is 0 Å². The van der Waals surface area contributed by atoms with Gasteiger partial charge in [-0.15, -0.1) is 0 Å². The van der Waals surface area contributed by atoms with Crippen molar-refractivity contribution in [3.8, 4) is 22.8 Å². The van der Waals surface area contributed by atoms with E-state index in [1.807, 2.05) is 59.2 Å². The van der Waals surface area contributed by atoms with Crippen LogP contribution in [0.25, 0.3) is 11.3 Å². The second kappa shape index (κ2) is 8.58. The van der Waals surface area contributed by atoms with Crippen molar-refractivity contribution in [3.63, 3.8) is 0 Å². The maximum Gasteiger partial charge on any atom is 0.267 e. The second-order valence-corrected chi connectivity index (χ2v) is 8.58. The summed E-state index contributed by atoms with van der Waals surface area (Å²) in [4.78, 5) is 31.0. The zero-order chi connectivity index (χ0) is 22.9. The third-order valence-electron chi connectivity index (χ3n) is 6.53. The van der Waals surface area contributed by atoms with E-state index in [1.165, 1.54) is 6.08 Å². The third kappa shape index (κ3) is 3.91. The second-order valence-electron chi connectivity index (χ2n) is 8.58. The summed E-state index contributed by atoms with van der Waals surface area (Å²) in [6.07, 6.45) is 3.29. The molecule has 0 aliphatic carbocycles. The van der Waals surface area contributed by atoms with E-state index in [1.54, 1.807) is 4.90 Å². The van der Waals surface area contributed by atoms with Crippen molar-refractivity contribution in [3.05, 3.63) is 78.8 Å². The number of carbonyl (C=O) groups excluding carboxylic acids is 2. The molecule has 1 saturated heterocycles. The number of nitrogens with zero attached hydrogens (tertiary/aromatic N) is 3. The number of hydrogen-bond acceptors (Lipinski definition) is 4. The van der Waals surface area contributed by atoms with Gasteiger partial charge in [-0.1, -0.05) is 24.8 Å². The number of rotatable bonds is 6. The summed E-state index contributed by atoms with van der Waals surface area (Å²) in [6, 6.07) is 17.1. The van der Waals surface area contributed by atoms with Crippen LogP contribution in [0.5, 0.6) is 11.5 Å². The van der Waals surface area contributed by atoms with Gasteiger partial charge in [0.25, 0.3) is 5.91 Å². The number of fused-ring (bicyclic) bond motifs is 1. The summed E-state index contributed by atoms with van der Waals surface area (Å²) >= 11 is 0. The van der Waals surface area contributed by atoms with E-state index in [0.717, 1.165) is 30.0 Å². The standard InChI is InChI=1S/C26H26N4O3/c1-2-22(31)29-15-18(16-29)21-9-6-14-30-24(25(27)32)23(28-26(21)30)17-10-12-20(13-11-17)33-19-7-4-3-5-8-19/h2-5,7-8,10-13,18,21H,1,6,9,14-16H2,(H2,27,32). The van der Waals surface area contributed by atoms with Crippen LogP contribution < -0.4 is 10.5 Å². The number of benzene rings is 2. The van der Waals surface area contributed by atoms with Crippen LogP contribution >= 0.6 is 0 Å². The molecule has 3 heterocycles. The molecule has 2 amide bonds. The van der Waals surface area contributed by atoms with E-state index < -0.39 is 5.91 Å². The Balaban J connectivity index is 1.43. The lowest BCUT2D eigenvalue weighted by Gasteiger charge is -2.44. The molecule has 168 valence electrons. The largest absolute Gasteiger partial charge is 0.457 e. The Morgan fingerprint density at radius 3 is 2.42 bits per heavy atom. The number of carbonyl (C=O) groups is 2. The molecule has 7 nitrogen and oxygen atoms in total. The number of hydrogen-bond donors (Lipinski definition) is 1. The van der Waals surface area contributed by atoms with Crippen molar-refractivity contribution in [1.29, 1.82) is 0 Å². The maximum atomic E-state index is 12.4. The van der Waals surface area contributed by atoms with Crippen LogP contribution in [0.2, 0.25) is 0 Å². The Bertz CT molecular complexity index is 1190. The number of nitrogens with two attached hydrogens (primary N) is 1. The summed E-state index contributed by atoms with van der Waals surface area (Å²) in [7, 11) is 0. The molecule has 0 saturated carbocycles. The van der Waals surface area contributed by atoms with Crippen molar-refractivity contribution in [1.82, 2.24) is 14.5 Å². The van der Waals surface area contributed by atoms with Gasteiger partial charge in [-0.2, -0.15) is 0 Å². The minimum Gasteiger partial charge on any atom is -0.457 e. The normalized spacial score (nSPS) is 17.7. The number of ether oxygens (including phenoxy) is 1. The van der Waals surface area contributed by atoms with Crippen LogP contribution in [0.15, 0.2) is 67.3 Å². The van der Waals surface area contributed by atoms with E-state index in [-0.39, 0.29) is 11.8 Å². The van der Waals surface area contributed by atoms with Crippen LogP contribution in [0.3, 0.4) is 0 Å². The Labute approximate surface area is 192 Å². The number of likely N-dealkylation sites (tertiary alicyclic amines) is 1. The Kier molecular flexibility index (Phi) is 5.46. The molecule has 0 bridgehead atoms. The van der Waals surface area contributed by atoms with Crippen LogP contribution in [0.1, 0.15) is 35.1 Å². The lowest BCUT2D eigenvalue weighted by molar-refractivity contribution is -0.132. The minimum atomic E-state index is -0.480. The molecule has 0 radical (unpaired) electrons. The highest BCUT2D eigenvalue weighted by molar-refractivity contribution is 5.97. The molecule has 7 heteroatoms. The van der Waals surface area contributed by atoms with Crippen molar-refractivity contribution < 1.29 is 14.3 Å². The average Bonchev–Trinajstić information content (AvgIpc) is 3.20. The van der Waals surface area contributed by atoms with Crippen molar-refractivity contribution in [2.24, 2.45) is 11.7 Å². The minimum absolute atomic E-state index is 0.0401. The van der Waals surface area contributed by atoms with E-state index >= 15 is 0 Å². The molecule has 2 aliphatic rings. The van der Waals surface area contributed by atoms with Gasteiger partial charge in [-0.3, -0.25) is 9.59 Å². The van der Waals surface area contributed by atoms with Crippen LogP contribution in [-0.2, 0) is 11.3 Å². The number of aromatic nitrogens is 2. The lowest BCUT2D eigenvalue weighted by atomic mass is 9.80. The Hall–Kier alpha value is -3.87. The first kappa shape index (κ1) is 21.0. The van der Waals surface area contributed by atoms with Gasteiger partial charge < -0.3 is 19.9 Å². The number of imidazole rings is 1. The smallest absolute Gasteiger partial charge is 0.267 e. The first-order chi connectivity index (χ1) is 16.0. The molecule has 3 aromatic rings. The first-order valence-electron chi connectivity index (χ1n) is 11.2. The fraction of sp³-hybridized carbons (Fsp3) is 0.269. The van der Waals surface area contributed by atoms with Crippen LogP contribution in [-0.4, -0.2) is 39.4 Å². The van der Waals surface area contributed by atoms with Crippen LogP contribution in [0.4, 0.5) is 0 Å². The monoisotopic (exact) mass is 442 g/mol. The summed E-state index contributed by atoms with van der Waals surface area (Å²) in [5.41, 5.74) is 7.69. The molecule has 1 aromatic heterocycles. The molecule has 1 unspecified atom stereocenters. The molecule has 2 N–H and O–H groups in total. The number of para-hydroxylation sites is 1. The zero-order valence-corrected chi connectivity index (χ0v) is 18.3. The highest BCUT2D eigenvalue weighted by Gasteiger charge is 2.40. The number of amides is 2.